The topological polar surface area (TPSA) is 140 Å². The van der Waals surface area contributed by atoms with Crippen LogP contribution in [-0.2, 0) is 19.1 Å². The van der Waals surface area contributed by atoms with Gasteiger partial charge in [-0.1, -0.05) is 48.7 Å². The second-order valence-electron chi connectivity index (χ2n) is 10.1. The van der Waals surface area contributed by atoms with Gasteiger partial charge in [-0.25, -0.2) is 4.79 Å². The van der Waals surface area contributed by atoms with Crippen LogP contribution in [0.4, 0.5) is 16.2 Å². The standard InChI is InChI=1S/C33H32ClN3O8S/c1-4-5-14-44-32(41)24-17-23(11-12-25(24)34)36-29(38)18-37-31(40)28(46-33(37)42)16-21-8-13-26(27(15-21)43-3)45-19-30(39)35-22-9-6-20(2)7-10-22/h6-13,15-17H,4-5,14,18-19H2,1-3H3,(H,35,39)(H,36,38)/b28-16+. The molecule has 1 saturated heterocycles. The predicted molar refractivity (Wildman–Crippen MR) is 176 cm³/mol. The fourth-order valence-corrected chi connectivity index (χ4v) is 5.18. The molecular weight excluding hydrogens is 634 g/mol. The van der Waals surface area contributed by atoms with Gasteiger partial charge in [0.25, 0.3) is 17.1 Å². The molecule has 46 heavy (non-hydrogen) atoms. The van der Waals surface area contributed by atoms with Gasteiger partial charge in [0.1, 0.15) is 6.54 Å². The van der Waals surface area contributed by atoms with E-state index >= 15 is 0 Å². The van der Waals surface area contributed by atoms with Gasteiger partial charge in [-0.15, -0.1) is 0 Å². The number of nitrogens with zero attached hydrogens (tertiary/aromatic N) is 1. The second kappa shape index (κ2) is 16.0. The molecule has 0 unspecified atom stereocenters. The van der Waals surface area contributed by atoms with Crippen molar-refractivity contribution in [2.45, 2.75) is 26.7 Å². The summed E-state index contributed by atoms with van der Waals surface area (Å²) in [4.78, 5) is 64.1. The molecule has 0 bridgehead atoms. The van der Waals surface area contributed by atoms with E-state index in [2.05, 4.69) is 10.6 Å². The number of imide groups is 1. The minimum Gasteiger partial charge on any atom is -0.493 e. The van der Waals surface area contributed by atoms with Gasteiger partial charge in [-0.3, -0.25) is 24.1 Å². The molecule has 3 aromatic carbocycles. The van der Waals surface area contributed by atoms with E-state index < -0.39 is 29.6 Å². The minimum atomic E-state index is -0.647. The van der Waals surface area contributed by atoms with Crippen LogP contribution in [0.1, 0.15) is 41.3 Å². The highest BCUT2D eigenvalue weighted by Crippen LogP contribution is 2.34. The molecule has 4 rings (SSSR count). The average molecular weight is 666 g/mol. The Kier molecular flexibility index (Phi) is 11.8. The van der Waals surface area contributed by atoms with E-state index in [1.165, 1.54) is 31.4 Å². The first-order valence-electron chi connectivity index (χ1n) is 14.3. The number of carbonyl (C=O) groups excluding carboxylic acids is 5. The van der Waals surface area contributed by atoms with E-state index in [9.17, 15) is 24.0 Å². The minimum absolute atomic E-state index is 0.0852. The number of halogens is 1. The van der Waals surface area contributed by atoms with Gasteiger partial charge >= 0.3 is 5.97 Å². The molecule has 1 aliphatic heterocycles. The van der Waals surface area contributed by atoms with Gasteiger partial charge in [0.2, 0.25) is 5.91 Å². The highest BCUT2D eigenvalue weighted by atomic mass is 35.5. The third-order valence-corrected chi connectivity index (χ3v) is 7.79. The molecule has 1 aliphatic rings. The maximum absolute atomic E-state index is 13.0. The molecule has 0 aromatic heterocycles. The van der Waals surface area contributed by atoms with Crippen molar-refractivity contribution in [1.29, 1.82) is 0 Å². The highest BCUT2D eigenvalue weighted by Gasteiger charge is 2.36. The number of unbranched alkanes of at least 4 members (excludes halogenated alkanes) is 1. The van der Waals surface area contributed by atoms with Crippen molar-refractivity contribution in [2.24, 2.45) is 0 Å². The van der Waals surface area contributed by atoms with Crippen LogP contribution in [0.25, 0.3) is 6.08 Å². The Morgan fingerprint density at radius 2 is 1.65 bits per heavy atom. The summed E-state index contributed by atoms with van der Waals surface area (Å²) in [5, 5.41) is 4.88. The van der Waals surface area contributed by atoms with Crippen LogP contribution in [0.15, 0.2) is 65.6 Å². The third-order valence-electron chi connectivity index (χ3n) is 6.56. The Labute approximate surface area is 275 Å². The molecule has 0 saturated carbocycles. The second-order valence-corrected chi connectivity index (χ2v) is 11.5. The van der Waals surface area contributed by atoms with Crippen LogP contribution in [0.2, 0.25) is 5.02 Å². The van der Waals surface area contributed by atoms with Crippen molar-refractivity contribution in [1.82, 2.24) is 4.90 Å². The summed E-state index contributed by atoms with van der Waals surface area (Å²) in [6.07, 6.45) is 3.05. The summed E-state index contributed by atoms with van der Waals surface area (Å²) < 4.78 is 16.2. The molecule has 3 aromatic rings. The van der Waals surface area contributed by atoms with Crippen LogP contribution in [0, 0.1) is 6.92 Å². The molecule has 1 fully saturated rings. The number of esters is 1. The van der Waals surface area contributed by atoms with Crippen LogP contribution in [0.3, 0.4) is 0 Å². The summed E-state index contributed by atoms with van der Waals surface area (Å²) in [6.45, 7) is 3.36. The van der Waals surface area contributed by atoms with E-state index in [0.29, 0.717) is 40.9 Å². The molecule has 13 heteroatoms. The van der Waals surface area contributed by atoms with Crippen molar-refractivity contribution >= 4 is 69.7 Å². The number of ether oxygens (including phenoxy) is 3. The van der Waals surface area contributed by atoms with Crippen LogP contribution in [0.5, 0.6) is 11.5 Å². The number of aryl methyl sites for hydroxylation is 1. The fourth-order valence-electron chi connectivity index (χ4n) is 4.15. The largest absolute Gasteiger partial charge is 0.493 e. The van der Waals surface area contributed by atoms with Crippen molar-refractivity contribution < 1.29 is 38.2 Å². The van der Waals surface area contributed by atoms with Gasteiger partial charge in [0.15, 0.2) is 18.1 Å². The third kappa shape index (κ3) is 9.11. The SMILES string of the molecule is CCCCOC(=O)c1cc(NC(=O)CN2C(=O)S/C(=C/c3ccc(OCC(=O)Nc4ccc(C)cc4)c(OC)c3)C2=O)ccc1Cl. The number of amides is 4. The first kappa shape index (κ1) is 34.1. The fraction of sp³-hybridized carbons (Fsp3) is 0.242. The van der Waals surface area contributed by atoms with Crippen molar-refractivity contribution in [2.75, 3.05) is 37.5 Å². The maximum Gasteiger partial charge on any atom is 0.339 e. The van der Waals surface area contributed by atoms with E-state index in [1.54, 1.807) is 30.3 Å². The zero-order chi connectivity index (χ0) is 33.2. The van der Waals surface area contributed by atoms with Crippen molar-refractivity contribution in [3.05, 3.63) is 87.3 Å². The number of methoxy groups -OCH3 is 1. The van der Waals surface area contributed by atoms with Crippen LogP contribution in [-0.4, -0.2) is 60.7 Å². The number of benzene rings is 3. The van der Waals surface area contributed by atoms with Gasteiger partial charge in [-0.2, -0.15) is 0 Å². The molecule has 0 radical (unpaired) electrons. The number of carbonyl (C=O) groups is 5. The van der Waals surface area contributed by atoms with E-state index in [-0.39, 0.29) is 40.3 Å². The zero-order valence-electron chi connectivity index (χ0n) is 25.4. The average Bonchev–Trinajstić information content (AvgIpc) is 3.29. The van der Waals surface area contributed by atoms with E-state index in [1.807, 2.05) is 26.0 Å². The summed E-state index contributed by atoms with van der Waals surface area (Å²) in [6, 6.07) is 16.5. The predicted octanol–water partition coefficient (Wildman–Crippen LogP) is 6.31. The van der Waals surface area contributed by atoms with Gasteiger partial charge < -0.3 is 24.8 Å². The number of rotatable bonds is 13. The Bertz CT molecular complexity index is 1680. The van der Waals surface area contributed by atoms with Gasteiger partial charge in [0.05, 0.1) is 29.2 Å². The lowest BCUT2D eigenvalue weighted by molar-refractivity contribution is -0.127. The Balaban J connectivity index is 1.36. The number of hydrogen-bond donors (Lipinski definition) is 2. The van der Waals surface area contributed by atoms with Gasteiger partial charge in [-0.05, 0) is 79.2 Å². The Hall–Kier alpha value is -4.81. The normalized spacial score (nSPS) is 13.5. The molecule has 2 N–H and O–H groups in total. The Morgan fingerprint density at radius 3 is 2.37 bits per heavy atom. The molecule has 240 valence electrons. The number of thioether (sulfide) groups is 1. The molecule has 4 amide bonds. The lowest BCUT2D eigenvalue weighted by atomic mass is 10.2. The van der Waals surface area contributed by atoms with E-state index in [4.69, 9.17) is 25.8 Å². The molecular formula is C33H32ClN3O8S. The number of anilines is 2. The molecule has 0 aliphatic carbocycles. The highest BCUT2D eigenvalue weighted by molar-refractivity contribution is 8.18. The smallest absolute Gasteiger partial charge is 0.339 e. The summed E-state index contributed by atoms with van der Waals surface area (Å²) in [5.41, 5.74) is 2.58. The first-order chi connectivity index (χ1) is 22.1. The number of nitrogens with one attached hydrogen (secondary N) is 2. The molecule has 0 atom stereocenters. The summed E-state index contributed by atoms with van der Waals surface area (Å²) in [5.74, 6) is -1.64. The summed E-state index contributed by atoms with van der Waals surface area (Å²) in [7, 11) is 1.43. The lowest BCUT2D eigenvalue weighted by Gasteiger charge is -2.13. The number of hydrogen-bond acceptors (Lipinski definition) is 9. The van der Waals surface area contributed by atoms with Crippen LogP contribution < -0.4 is 20.1 Å². The lowest BCUT2D eigenvalue weighted by Crippen LogP contribution is -2.36. The zero-order valence-corrected chi connectivity index (χ0v) is 27.0. The molecule has 1 heterocycles. The van der Waals surface area contributed by atoms with Crippen molar-refractivity contribution in [3.63, 3.8) is 0 Å². The maximum atomic E-state index is 13.0. The van der Waals surface area contributed by atoms with Crippen LogP contribution >= 0.6 is 23.4 Å². The summed E-state index contributed by atoms with van der Waals surface area (Å²) >= 11 is 6.83. The quantitative estimate of drug-likeness (QED) is 0.122. The van der Waals surface area contributed by atoms with Gasteiger partial charge in [0, 0.05) is 11.4 Å². The van der Waals surface area contributed by atoms with Crippen molar-refractivity contribution in [3.8, 4) is 11.5 Å². The van der Waals surface area contributed by atoms with E-state index in [0.717, 1.165) is 16.9 Å². The monoisotopic (exact) mass is 665 g/mol. The molecule has 11 nitrogen and oxygen atoms in total. The first-order valence-corrected chi connectivity index (χ1v) is 15.5. The Morgan fingerprint density at radius 1 is 0.935 bits per heavy atom. The molecule has 0 spiro atoms.